The molecule has 1 aromatic carbocycles. The predicted molar refractivity (Wildman–Crippen MR) is 76.9 cm³/mol. The third-order valence-corrected chi connectivity index (χ3v) is 3.54. The zero-order valence-electron chi connectivity index (χ0n) is 11.1. The largest absolute Gasteiger partial charge is 0.375 e. The molecule has 5 nitrogen and oxygen atoms in total. The fraction of sp³-hybridized carbons (Fsp3) is 0.429. The van der Waals surface area contributed by atoms with Crippen molar-refractivity contribution in [3.63, 3.8) is 0 Å². The van der Waals surface area contributed by atoms with E-state index in [1.165, 1.54) is 0 Å². The summed E-state index contributed by atoms with van der Waals surface area (Å²) in [7, 11) is 0. The van der Waals surface area contributed by atoms with Gasteiger partial charge in [-0.15, -0.1) is 5.10 Å². The third-order valence-electron chi connectivity index (χ3n) is 3.29. The lowest BCUT2D eigenvalue weighted by Crippen LogP contribution is -2.39. The van der Waals surface area contributed by atoms with Crippen molar-refractivity contribution in [3.05, 3.63) is 46.7 Å². The van der Waals surface area contributed by atoms with Crippen LogP contribution in [0.1, 0.15) is 11.3 Å². The second-order valence-corrected chi connectivity index (χ2v) is 5.37. The van der Waals surface area contributed by atoms with Gasteiger partial charge >= 0.3 is 0 Å². The molecule has 6 heteroatoms. The number of nitrogens with one attached hydrogen (secondary N) is 1. The normalized spacial score (nSPS) is 19.1. The van der Waals surface area contributed by atoms with Crippen molar-refractivity contribution >= 4 is 11.6 Å². The number of aromatic nitrogens is 3. The Balaban J connectivity index is 1.60. The summed E-state index contributed by atoms with van der Waals surface area (Å²) in [5.41, 5.74) is 2.12. The molecule has 0 saturated carbocycles. The highest BCUT2D eigenvalue weighted by Crippen LogP contribution is 2.11. The minimum Gasteiger partial charge on any atom is -0.375 e. The molecule has 1 saturated heterocycles. The van der Waals surface area contributed by atoms with Crippen molar-refractivity contribution in [2.75, 3.05) is 19.7 Å². The van der Waals surface area contributed by atoms with E-state index in [0.29, 0.717) is 6.54 Å². The molecule has 3 rings (SSSR count). The molecule has 106 valence electrons. The molecular weight excluding hydrogens is 276 g/mol. The van der Waals surface area contributed by atoms with Crippen LogP contribution in [0.2, 0.25) is 5.02 Å². The van der Waals surface area contributed by atoms with Crippen molar-refractivity contribution in [1.29, 1.82) is 0 Å². The van der Waals surface area contributed by atoms with E-state index in [4.69, 9.17) is 16.3 Å². The Hall–Kier alpha value is -1.43. The molecule has 0 bridgehead atoms. The van der Waals surface area contributed by atoms with Crippen LogP contribution in [-0.2, 0) is 17.7 Å². The van der Waals surface area contributed by atoms with Crippen molar-refractivity contribution < 1.29 is 4.74 Å². The number of benzene rings is 1. The Morgan fingerprint density at radius 3 is 2.95 bits per heavy atom. The Morgan fingerprint density at radius 2 is 2.20 bits per heavy atom. The van der Waals surface area contributed by atoms with E-state index in [1.807, 2.05) is 35.1 Å². The van der Waals surface area contributed by atoms with Crippen molar-refractivity contribution in [3.8, 4) is 0 Å². The van der Waals surface area contributed by atoms with E-state index < -0.39 is 0 Å². The van der Waals surface area contributed by atoms with Crippen LogP contribution in [-0.4, -0.2) is 40.8 Å². The lowest BCUT2D eigenvalue weighted by atomic mass is 10.2. The SMILES string of the molecule is Clc1ccc(Cn2cc(CC3CNCCO3)nn2)cc1. The average molecular weight is 293 g/mol. The van der Waals surface area contributed by atoms with Gasteiger partial charge in [0.15, 0.2) is 0 Å². The molecule has 1 atom stereocenters. The summed E-state index contributed by atoms with van der Waals surface area (Å²) in [5, 5.41) is 12.4. The molecule has 2 heterocycles. The van der Waals surface area contributed by atoms with E-state index >= 15 is 0 Å². The zero-order valence-corrected chi connectivity index (χ0v) is 11.9. The molecule has 0 aliphatic carbocycles. The van der Waals surface area contributed by atoms with Gasteiger partial charge in [0.2, 0.25) is 0 Å². The van der Waals surface area contributed by atoms with Crippen LogP contribution < -0.4 is 5.32 Å². The lowest BCUT2D eigenvalue weighted by Gasteiger charge is -2.22. The van der Waals surface area contributed by atoms with Gasteiger partial charge in [-0.1, -0.05) is 28.9 Å². The van der Waals surface area contributed by atoms with Gasteiger partial charge in [0.25, 0.3) is 0 Å². The Morgan fingerprint density at radius 1 is 1.35 bits per heavy atom. The van der Waals surface area contributed by atoms with Crippen molar-refractivity contribution in [1.82, 2.24) is 20.3 Å². The van der Waals surface area contributed by atoms with Crippen LogP contribution in [0, 0.1) is 0 Å². The van der Waals surface area contributed by atoms with Gasteiger partial charge in [0.1, 0.15) is 0 Å². The Bertz CT molecular complexity index is 549. The van der Waals surface area contributed by atoms with Crippen LogP contribution >= 0.6 is 11.6 Å². The van der Waals surface area contributed by atoms with Gasteiger partial charge in [-0.2, -0.15) is 0 Å². The minimum atomic E-state index is 0.199. The summed E-state index contributed by atoms with van der Waals surface area (Å²) in [6.07, 6.45) is 2.98. The topological polar surface area (TPSA) is 52.0 Å². The number of hydrogen-bond acceptors (Lipinski definition) is 4. The molecule has 1 aliphatic heterocycles. The van der Waals surface area contributed by atoms with Crippen molar-refractivity contribution in [2.45, 2.75) is 19.1 Å². The van der Waals surface area contributed by atoms with E-state index in [2.05, 4.69) is 15.6 Å². The molecule has 0 radical (unpaired) electrons. The Labute approximate surface area is 122 Å². The number of hydrogen-bond donors (Lipinski definition) is 1. The number of halogens is 1. The summed E-state index contributed by atoms with van der Waals surface area (Å²) >= 11 is 5.87. The first kappa shape index (κ1) is 13.5. The summed E-state index contributed by atoms with van der Waals surface area (Å²) in [6, 6.07) is 7.77. The molecule has 2 aromatic rings. The maximum Gasteiger partial charge on any atom is 0.0853 e. The summed E-state index contributed by atoms with van der Waals surface area (Å²) in [6.45, 7) is 3.28. The quantitative estimate of drug-likeness (QED) is 0.928. The monoisotopic (exact) mass is 292 g/mol. The fourth-order valence-electron chi connectivity index (χ4n) is 2.27. The molecule has 1 aromatic heterocycles. The van der Waals surface area contributed by atoms with Gasteiger partial charge in [-0.3, -0.25) is 0 Å². The summed E-state index contributed by atoms with van der Waals surface area (Å²) in [5.74, 6) is 0. The van der Waals surface area contributed by atoms with Gasteiger partial charge in [0, 0.05) is 30.7 Å². The van der Waals surface area contributed by atoms with E-state index in [0.717, 1.165) is 42.4 Å². The highest BCUT2D eigenvalue weighted by Gasteiger charge is 2.15. The first-order valence-electron chi connectivity index (χ1n) is 6.75. The Kier molecular flexibility index (Phi) is 4.30. The van der Waals surface area contributed by atoms with E-state index in [-0.39, 0.29) is 6.10 Å². The van der Waals surface area contributed by atoms with Gasteiger partial charge in [-0.05, 0) is 17.7 Å². The minimum absolute atomic E-state index is 0.199. The van der Waals surface area contributed by atoms with E-state index in [9.17, 15) is 0 Å². The average Bonchev–Trinajstić information content (AvgIpc) is 2.90. The zero-order chi connectivity index (χ0) is 13.8. The number of morpholine rings is 1. The first-order valence-corrected chi connectivity index (χ1v) is 7.13. The molecule has 0 spiro atoms. The third kappa shape index (κ3) is 3.56. The highest BCUT2D eigenvalue weighted by molar-refractivity contribution is 6.30. The molecule has 20 heavy (non-hydrogen) atoms. The highest BCUT2D eigenvalue weighted by atomic mass is 35.5. The predicted octanol–water partition coefficient (Wildman–Crippen LogP) is 1.51. The lowest BCUT2D eigenvalue weighted by molar-refractivity contribution is 0.0286. The first-order chi connectivity index (χ1) is 9.79. The van der Waals surface area contributed by atoms with Gasteiger partial charge in [0.05, 0.1) is 24.9 Å². The second-order valence-electron chi connectivity index (χ2n) is 4.93. The van der Waals surface area contributed by atoms with Gasteiger partial charge in [-0.25, -0.2) is 4.68 Å². The number of ether oxygens (including phenoxy) is 1. The van der Waals surface area contributed by atoms with Crippen LogP contribution in [0.3, 0.4) is 0 Å². The second kappa shape index (κ2) is 6.35. The molecule has 0 amide bonds. The molecule has 1 fully saturated rings. The fourth-order valence-corrected chi connectivity index (χ4v) is 2.40. The maximum atomic E-state index is 5.87. The molecule has 1 aliphatic rings. The molecule has 1 N–H and O–H groups in total. The number of rotatable bonds is 4. The molecular formula is C14H17ClN4O. The maximum absolute atomic E-state index is 5.87. The molecule has 1 unspecified atom stereocenters. The standard InChI is InChI=1S/C14H17ClN4O/c15-12-3-1-11(2-4-12)9-19-10-13(17-18-19)7-14-8-16-5-6-20-14/h1-4,10,14,16H,5-9H2. The van der Waals surface area contributed by atoms with Crippen LogP contribution in [0.4, 0.5) is 0 Å². The summed E-state index contributed by atoms with van der Waals surface area (Å²) in [4.78, 5) is 0. The number of nitrogens with zero attached hydrogens (tertiary/aromatic N) is 3. The van der Waals surface area contributed by atoms with Crippen molar-refractivity contribution in [2.24, 2.45) is 0 Å². The van der Waals surface area contributed by atoms with Gasteiger partial charge < -0.3 is 10.1 Å². The van der Waals surface area contributed by atoms with Crippen LogP contribution in [0.5, 0.6) is 0 Å². The smallest absolute Gasteiger partial charge is 0.0853 e. The summed E-state index contributed by atoms with van der Waals surface area (Å²) < 4.78 is 7.51. The van der Waals surface area contributed by atoms with E-state index in [1.54, 1.807) is 0 Å². The van der Waals surface area contributed by atoms with Crippen LogP contribution in [0.25, 0.3) is 0 Å². The van der Waals surface area contributed by atoms with Crippen LogP contribution in [0.15, 0.2) is 30.5 Å².